The van der Waals surface area contributed by atoms with Crippen LogP contribution >= 0.6 is 0 Å². The Morgan fingerprint density at radius 3 is 1.62 bits per heavy atom. The lowest BCUT2D eigenvalue weighted by Crippen LogP contribution is -2.41. The third-order valence-corrected chi connectivity index (χ3v) is 2.68. The highest BCUT2D eigenvalue weighted by Crippen LogP contribution is 1.77. The van der Waals surface area contributed by atoms with Gasteiger partial charge in [0.05, 0.1) is 0 Å². The van der Waals surface area contributed by atoms with E-state index in [1.807, 2.05) is 0 Å². The number of hydrogen-bond acceptors (Lipinski definition) is 5. The zero-order chi connectivity index (χ0) is 11.5. The van der Waals surface area contributed by atoms with E-state index in [1.54, 1.807) is 0 Å². The Bertz CT molecular complexity index is 137. The minimum atomic E-state index is 0.546. The first-order valence-corrected chi connectivity index (χ1v) is 6.46. The standard InChI is InChI=1S/C11H27N5/c1-11-10-15-7-6-13-3-2-12-4-5-14-8-9-16-11/h11-16H,2-10H2,1H3. The fraction of sp³-hybridized carbons (Fsp3) is 1.00. The predicted octanol–water partition coefficient (Wildman–Crippen LogP) is -1.66. The van der Waals surface area contributed by atoms with Crippen LogP contribution in [0.15, 0.2) is 0 Å². The largest absolute Gasteiger partial charge is 0.314 e. The molecule has 1 heterocycles. The quantitative estimate of drug-likeness (QED) is 0.344. The van der Waals surface area contributed by atoms with Crippen LogP contribution in [0.1, 0.15) is 6.92 Å². The van der Waals surface area contributed by atoms with E-state index in [1.165, 1.54) is 0 Å². The lowest BCUT2D eigenvalue weighted by molar-refractivity contribution is 0.492. The van der Waals surface area contributed by atoms with Crippen molar-refractivity contribution in [1.29, 1.82) is 0 Å². The Hall–Kier alpha value is -0.200. The summed E-state index contributed by atoms with van der Waals surface area (Å²) in [5, 5.41) is 17.1. The summed E-state index contributed by atoms with van der Waals surface area (Å²) >= 11 is 0. The van der Waals surface area contributed by atoms with Crippen molar-refractivity contribution in [2.24, 2.45) is 0 Å². The SMILES string of the molecule is CC1CNCCNCCNCCNCCN1. The molecule has 1 saturated heterocycles. The molecule has 0 saturated carbocycles. The monoisotopic (exact) mass is 229 g/mol. The van der Waals surface area contributed by atoms with Gasteiger partial charge in [0.25, 0.3) is 0 Å². The molecule has 5 N–H and O–H groups in total. The molecule has 16 heavy (non-hydrogen) atoms. The molecule has 0 aromatic heterocycles. The van der Waals surface area contributed by atoms with Gasteiger partial charge in [-0.3, -0.25) is 0 Å². The Morgan fingerprint density at radius 1 is 0.625 bits per heavy atom. The van der Waals surface area contributed by atoms with Crippen LogP contribution in [0.3, 0.4) is 0 Å². The second kappa shape index (κ2) is 9.99. The fourth-order valence-electron chi connectivity index (χ4n) is 1.70. The fourth-order valence-corrected chi connectivity index (χ4v) is 1.70. The van der Waals surface area contributed by atoms with Crippen LogP contribution < -0.4 is 26.6 Å². The number of nitrogens with one attached hydrogen (secondary N) is 5. The number of rotatable bonds is 0. The highest BCUT2D eigenvalue weighted by Gasteiger charge is 1.99. The summed E-state index contributed by atoms with van der Waals surface area (Å²) in [6.45, 7) is 11.7. The summed E-state index contributed by atoms with van der Waals surface area (Å²) in [7, 11) is 0. The zero-order valence-electron chi connectivity index (χ0n) is 10.4. The van der Waals surface area contributed by atoms with Crippen molar-refractivity contribution in [3.8, 4) is 0 Å². The van der Waals surface area contributed by atoms with Crippen LogP contribution in [0.2, 0.25) is 0 Å². The summed E-state index contributed by atoms with van der Waals surface area (Å²) < 4.78 is 0. The Balaban J connectivity index is 2.10. The molecule has 5 nitrogen and oxygen atoms in total. The summed E-state index contributed by atoms with van der Waals surface area (Å²) in [5.74, 6) is 0. The predicted molar refractivity (Wildman–Crippen MR) is 68.9 cm³/mol. The van der Waals surface area contributed by atoms with Crippen LogP contribution in [-0.2, 0) is 0 Å². The Morgan fingerprint density at radius 2 is 1.06 bits per heavy atom. The minimum absolute atomic E-state index is 0.546. The molecule has 96 valence electrons. The second-order valence-corrected chi connectivity index (χ2v) is 4.31. The van der Waals surface area contributed by atoms with Crippen molar-refractivity contribution in [2.75, 3.05) is 58.9 Å². The van der Waals surface area contributed by atoms with Crippen LogP contribution in [0.25, 0.3) is 0 Å². The minimum Gasteiger partial charge on any atom is -0.314 e. The number of hydrogen-bond donors (Lipinski definition) is 5. The molecule has 1 rings (SSSR count). The molecule has 0 spiro atoms. The van der Waals surface area contributed by atoms with E-state index in [4.69, 9.17) is 0 Å². The van der Waals surface area contributed by atoms with Crippen molar-refractivity contribution in [2.45, 2.75) is 13.0 Å². The van der Waals surface area contributed by atoms with Crippen LogP contribution in [0.5, 0.6) is 0 Å². The highest BCUT2D eigenvalue weighted by atomic mass is 15.0. The molecular weight excluding hydrogens is 202 g/mol. The average Bonchev–Trinajstić information content (AvgIpc) is 2.29. The first-order valence-electron chi connectivity index (χ1n) is 6.46. The van der Waals surface area contributed by atoms with E-state index in [9.17, 15) is 0 Å². The maximum atomic E-state index is 3.49. The molecule has 5 heteroatoms. The van der Waals surface area contributed by atoms with Crippen LogP contribution in [0.4, 0.5) is 0 Å². The normalized spacial score (nSPS) is 27.9. The topological polar surface area (TPSA) is 60.1 Å². The van der Waals surface area contributed by atoms with Crippen molar-refractivity contribution in [1.82, 2.24) is 26.6 Å². The van der Waals surface area contributed by atoms with E-state index in [2.05, 4.69) is 33.5 Å². The average molecular weight is 229 g/mol. The molecule has 1 unspecified atom stereocenters. The van der Waals surface area contributed by atoms with Gasteiger partial charge in [-0.15, -0.1) is 0 Å². The highest BCUT2D eigenvalue weighted by molar-refractivity contribution is 4.66. The maximum Gasteiger partial charge on any atom is 0.0164 e. The lowest BCUT2D eigenvalue weighted by Gasteiger charge is -2.14. The second-order valence-electron chi connectivity index (χ2n) is 4.31. The summed E-state index contributed by atoms with van der Waals surface area (Å²) in [6.07, 6.45) is 0. The van der Waals surface area contributed by atoms with Gasteiger partial charge in [-0.05, 0) is 6.92 Å². The van der Waals surface area contributed by atoms with Crippen LogP contribution in [0, 0.1) is 0 Å². The molecule has 1 atom stereocenters. The smallest absolute Gasteiger partial charge is 0.0164 e. The summed E-state index contributed by atoms with van der Waals surface area (Å²) in [5.41, 5.74) is 0. The molecule has 1 aliphatic rings. The van der Waals surface area contributed by atoms with Gasteiger partial charge in [0.2, 0.25) is 0 Å². The first-order chi connectivity index (χ1) is 7.89. The molecule has 0 radical (unpaired) electrons. The molecule has 1 aliphatic heterocycles. The van der Waals surface area contributed by atoms with E-state index < -0.39 is 0 Å². The van der Waals surface area contributed by atoms with Gasteiger partial charge < -0.3 is 26.6 Å². The Labute approximate surface area is 99.1 Å². The molecule has 0 aromatic rings. The molecule has 0 bridgehead atoms. The van der Waals surface area contributed by atoms with E-state index in [-0.39, 0.29) is 0 Å². The van der Waals surface area contributed by atoms with Gasteiger partial charge in [-0.1, -0.05) is 0 Å². The van der Waals surface area contributed by atoms with Gasteiger partial charge in [-0.25, -0.2) is 0 Å². The lowest BCUT2D eigenvalue weighted by atomic mass is 10.3. The van der Waals surface area contributed by atoms with Gasteiger partial charge in [0, 0.05) is 64.9 Å². The third-order valence-electron chi connectivity index (χ3n) is 2.68. The molecule has 1 fully saturated rings. The maximum absolute atomic E-state index is 3.49. The first kappa shape index (κ1) is 13.9. The molecule has 0 amide bonds. The third kappa shape index (κ3) is 8.01. The van der Waals surface area contributed by atoms with E-state index >= 15 is 0 Å². The van der Waals surface area contributed by atoms with Gasteiger partial charge in [0.1, 0.15) is 0 Å². The molecule has 0 aromatic carbocycles. The van der Waals surface area contributed by atoms with Crippen molar-refractivity contribution < 1.29 is 0 Å². The van der Waals surface area contributed by atoms with Crippen LogP contribution in [-0.4, -0.2) is 64.9 Å². The summed E-state index contributed by atoms with van der Waals surface area (Å²) in [4.78, 5) is 0. The van der Waals surface area contributed by atoms with Gasteiger partial charge in [-0.2, -0.15) is 0 Å². The molecule has 0 aliphatic carbocycles. The van der Waals surface area contributed by atoms with Gasteiger partial charge >= 0.3 is 0 Å². The summed E-state index contributed by atoms with van der Waals surface area (Å²) in [6, 6.07) is 0.546. The van der Waals surface area contributed by atoms with Crippen molar-refractivity contribution in [3.05, 3.63) is 0 Å². The van der Waals surface area contributed by atoms with Crippen molar-refractivity contribution in [3.63, 3.8) is 0 Å². The zero-order valence-corrected chi connectivity index (χ0v) is 10.4. The Kier molecular flexibility index (Phi) is 8.65. The molecular formula is C11H27N5. The van der Waals surface area contributed by atoms with E-state index in [0.29, 0.717) is 6.04 Å². The van der Waals surface area contributed by atoms with Gasteiger partial charge in [0.15, 0.2) is 0 Å². The van der Waals surface area contributed by atoms with Crippen molar-refractivity contribution >= 4 is 0 Å². The van der Waals surface area contributed by atoms with E-state index in [0.717, 1.165) is 58.9 Å².